The molecule has 0 amide bonds. The van der Waals surface area contributed by atoms with Gasteiger partial charge in [-0.3, -0.25) is 14.9 Å². The summed E-state index contributed by atoms with van der Waals surface area (Å²) < 4.78 is 13.5. The Morgan fingerprint density at radius 2 is 1.95 bits per heavy atom. The number of halogens is 1. The lowest BCUT2D eigenvalue weighted by molar-refractivity contribution is -0.384. The Balaban J connectivity index is 2.44. The highest BCUT2D eigenvalue weighted by Gasteiger charge is 2.16. The lowest BCUT2D eigenvalue weighted by atomic mass is 10.0. The molecule has 2 aromatic rings. The van der Waals surface area contributed by atoms with Crippen molar-refractivity contribution in [1.29, 1.82) is 0 Å². The lowest BCUT2D eigenvalue weighted by Gasteiger charge is -2.03. The van der Waals surface area contributed by atoms with E-state index in [9.17, 15) is 19.3 Å². The third-order valence-corrected chi connectivity index (χ3v) is 2.52. The number of benzene rings is 2. The Bertz CT molecular complexity index is 669. The van der Waals surface area contributed by atoms with Gasteiger partial charge in [0.2, 0.25) is 0 Å². The molecule has 0 aliphatic heterocycles. The zero-order valence-corrected chi connectivity index (χ0v) is 9.54. The monoisotopic (exact) mass is 261 g/mol. The van der Waals surface area contributed by atoms with Crippen LogP contribution in [-0.4, -0.2) is 15.8 Å². The van der Waals surface area contributed by atoms with Crippen molar-refractivity contribution in [3.05, 3.63) is 69.5 Å². The maximum atomic E-state index is 13.5. The van der Waals surface area contributed by atoms with Gasteiger partial charge in [-0.15, -0.1) is 0 Å². The molecule has 0 atom stereocenters. The predicted molar refractivity (Wildman–Crippen MR) is 64.6 cm³/mol. The normalized spacial score (nSPS) is 10.2. The molecule has 0 saturated carbocycles. The van der Waals surface area contributed by atoms with Crippen LogP contribution in [0.15, 0.2) is 42.5 Å². The van der Waals surface area contributed by atoms with Crippen LogP contribution in [0.1, 0.15) is 15.9 Å². The van der Waals surface area contributed by atoms with E-state index in [1.165, 1.54) is 24.3 Å². The number of rotatable bonds is 3. The fourth-order valence-corrected chi connectivity index (χ4v) is 1.60. The van der Waals surface area contributed by atoms with E-state index in [0.29, 0.717) is 0 Å². The summed E-state index contributed by atoms with van der Waals surface area (Å²) in [6, 6.07) is 8.15. The molecular weight excluding hydrogens is 253 g/mol. The molecule has 0 saturated heterocycles. The first-order chi connectivity index (χ1) is 8.99. The molecule has 2 rings (SSSR count). The third-order valence-electron chi connectivity index (χ3n) is 2.52. The highest BCUT2D eigenvalue weighted by molar-refractivity contribution is 6.09. The highest BCUT2D eigenvalue weighted by atomic mass is 19.1. The molecular formula is C13H8FNO4. The first-order valence-electron chi connectivity index (χ1n) is 5.26. The summed E-state index contributed by atoms with van der Waals surface area (Å²) in [4.78, 5) is 22.0. The van der Waals surface area contributed by atoms with Gasteiger partial charge in [-0.05, 0) is 12.1 Å². The Morgan fingerprint density at radius 3 is 2.58 bits per heavy atom. The van der Waals surface area contributed by atoms with E-state index in [4.69, 9.17) is 5.11 Å². The van der Waals surface area contributed by atoms with Crippen molar-refractivity contribution < 1.29 is 19.2 Å². The number of hydrogen-bond acceptors (Lipinski definition) is 4. The zero-order chi connectivity index (χ0) is 14.0. The van der Waals surface area contributed by atoms with Crippen molar-refractivity contribution in [3.8, 4) is 5.75 Å². The van der Waals surface area contributed by atoms with Crippen molar-refractivity contribution in [2.75, 3.05) is 0 Å². The van der Waals surface area contributed by atoms with Gasteiger partial charge in [0.25, 0.3) is 5.69 Å². The number of nitro benzene ring substituents is 1. The van der Waals surface area contributed by atoms with Crippen LogP contribution in [-0.2, 0) is 0 Å². The van der Waals surface area contributed by atoms with E-state index in [-0.39, 0.29) is 22.6 Å². The third kappa shape index (κ3) is 2.57. The molecule has 1 N–H and O–H groups in total. The molecule has 2 aromatic carbocycles. The van der Waals surface area contributed by atoms with Gasteiger partial charge in [-0.1, -0.05) is 12.1 Å². The number of hydrogen-bond donors (Lipinski definition) is 1. The summed E-state index contributed by atoms with van der Waals surface area (Å²) in [6.45, 7) is 0. The number of nitro groups is 1. The lowest BCUT2D eigenvalue weighted by Crippen LogP contribution is -2.04. The minimum atomic E-state index is -0.878. The van der Waals surface area contributed by atoms with Gasteiger partial charge in [0.1, 0.15) is 11.6 Å². The van der Waals surface area contributed by atoms with Gasteiger partial charge < -0.3 is 5.11 Å². The molecule has 0 aliphatic carbocycles. The molecule has 96 valence electrons. The van der Waals surface area contributed by atoms with Gasteiger partial charge >= 0.3 is 0 Å². The van der Waals surface area contributed by atoms with Crippen LogP contribution in [0, 0.1) is 15.9 Å². The number of carbonyl (C=O) groups is 1. The van der Waals surface area contributed by atoms with E-state index < -0.39 is 16.5 Å². The van der Waals surface area contributed by atoms with E-state index in [0.717, 1.165) is 18.2 Å². The van der Waals surface area contributed by atoms with Gasteiger partial charge in [-0.2, -0.15) is 0 Å². The molecule has 5 nitrogen and oxygen atoms in total. The van der Waals surface area contributed by atoms with Gasteiger partial charge in [0.15, 0.2) is 5.78 Å². The van der Waals surface area contributed by atoms with Gasteiger partial charge in [0, 0.05) is 23.8 Å². The summed E-state index contributed by atoms with van der Waals surface area (Å²) in [5, 5.41) is 19.7. The quantitative estimate of drug-likeness (QED) is 0.523. The Hall–Kier alpha value is -2.76. The van der Waals surface area contributed by atoms with E-state index in [1.54, 1.807) is 0 Å². The standard InChI is InChI=1S/C13H8FNO4/c14-12-7-10(16)4-5-11(12)13(17)8-2-1-3-9(6-8)15(18)19/h1-7,16H. The first-order valence-corrected chi connectivity index (χ1v) is 5.26. The maximum absolute atomic E-state index is 13.5. The smallest absolute Gasteiger partial charge is 0.270 e. The van der Waals surface area contributed by atoms with Crippen LogP contribution < -0.4 is 0 Å². The molecule has 0 spiro atoms. The SMILES string of the molecule is O=C(c1cccc([N+](=O)[O-])c1)c1ccc(O)cc1F. The Morgan fingerprint density at radius 1 is 1.21 bits per heavy atom. The summed E-state index contributed by atoms with van der Waals surface area (Å²) in [5.41, 5.74) is -0.484. The molecule has 0 aromatic heterocycles. The van der Waals surface area contributed by atoms with Crippen LogP contribution in [0.2, 0.25) is 0 Å². The fourth-order valence-electron chi connectivity index (χ4n) is 1.60. The van der Waals surface area contributed by atoms with Crippen molar-refractivity contribution in [2.24, 2.45) is 0 Å². The van der Waals surface area contributed by atoms with Crippen LogP contribution in [0.4, 0.5) is 10.1 Å². The zero-order valence-electron chi connectivity index (χ0n) is 9.54. The van der Waals surface area contributed by atoms with Crippen LogP contribution >= 0.6 is 0 Å². The van der Waals surface area contributed by atoms with Crippen molar-refractivity contribution in [1.82, 2.24) is 0 Å². The van der Waals surface area contributed by atoms with Gasteiger partial charge in [0.05, 0.1) is 10.5 Å². The Labute approximate surface area is 107 Å². The molecule has 0 heterocycles. The number of non-ortho nitro benzene ring substituents is 1. The maximum Gasteiger partial charge on any atom is 0.270 e. The van der Waals surface area contributed by atoms with Crippen molar-refractivity contribution in [2.45, 2.75) is 0 Å². The number of carbonyl (C=O) groups excluding carboxylic acids is 1. The number of ketones is 1. The minimum absolute atomic E-state index is 0.0128. The summed E-state index contributed by atoms with van der Waals surface area (Å²) >= 11 is 0. The molecule has 0 aliphatic rings. The summed E-state index contributed by atoms with van der Waals surface area (Å²) in [7, 11) is 0. The van der Waals surface area contributed by atoms with E-state index >= 15 is 0 Å². The molecule has 0 radical (unpaired) electrons. The number of phenols is 1. The Kier molecular flexibility index (Phi) is 3.24. The average Bonchev–Trinajstić information content (AvgIpc) is 2.38. The molecule has 6 heteroatoms. The summed E-state index contributed by atoms with van der Waals surface area (Å²) in [5.74, 6) is -1.86. The average molecular weight is 261 g/mol. The van der Waals surface area contributed by atoms with Crippen LogP contribution in [0.3, 0.4) is 0 Å². The number of phenolic OH excluding ortho intramolecular Hbond substituents is 1. The second kappa shape index (κ2) is 4.85. The molecule has 19 heavy (non-hydrogen) atoms. The molecule has 0 unspecified atom stereocenters. The second-order valence-corrected chi connectivity index (χ2v) is 3.80. The highest BCUT2D eigenvalue weighted by Crippen LogP contribution is 2.20. The molecule has 0 fully saturated rings. The van der Waals surface area contributed by atoms with Crippen LogP contribution in [0.25, 0.3) is 0 Å². The predicted octanol–water partition coefficient (Wildman–Crippen LogP) is 2.67. The largest absolute Gasteiger partial charge is 0.508 e. The summed E-state index contributed by atoms with van der Waals surface area (Å²) in [6.07, 6.45) is 0. The second-order valence-electron chi connectivity index (χ2n) is 3.80. The number of nitrogens with zero attached hydrogens (tertiary/aromatic N) is 1. The topological polar surface area (TPSA) is 80.4 Å². The fraction of sp³-hybridized carbons (Fsp3) is 0. The van der Waals surface area contributed by atoms with Crippen molar-refractivity contribution >= 4 is 11.5 Å². The minimum Gasteiger partial charge on any atom is -0.508 e. The van der Waals surface area contributed by atoms with E-state index in [2.05, 4.69) is 0 Å². The first kappa shape index (κ1) is 12.7. The number of aromatic hydroxyl groups is 1. The van der Waals surface area contributed by atoms with Crippen LogP contribution in [0.5, 0.6) is 5.75 Å². The molecule has 0 bridgehead atoms. The van der Waals surface area contributed by atoms with E-state index in [1.807, 2.05) is 0 Å². The van der Waals surface area contributed by atoms with Gasteiger partial charge in [-0.25, -0.2) is 4.39 Å². The van der Waals surface area contributed by atoms with Crippen molar-refractivity contribution in [3.63, 3.8) is 0 Å².